The molecule has 0 fully saturated rings. The Morgan fingerprint density at radius 2 is 0.319 bits per heavy atom. The van der Waals surface area contributed by atoms with Crippen LogP contribution in [-0.4, -0.2) is 204 Å². The smallest absolute Gasteiger partial charge is 0.143 e. The maximum Gasteiger partial charge on any atom is 0.143 e. The summed E-state index contributed by atoms with van der Waals surface area (Å²) in [4.78, 5) is 0. The SMILES string of the molecule is Bc1c(B)c(-c2c3c(B)c(B)c(B)c(B)c3c(-c3c(B)c(B)c(B)c4c(B)c(B)c(B)c(B)c34)c3c(B)c(B)c(B)c(B)c23)c(B)c(B)c1-c1c(B)c(B)c2oc3c(B)c(B)c(B)c(B)c3c2c1B. The molecule has 8 aromatic carbocycles. The lowest BCUT2D eigenvalue weighted by Crippen LogP contribution is -2.53. The molecule has 0 N–H and O–H groups in total. The summed E-state index contributed by atoms with van der Waals surface area (Å²) in [7, 11) is 61.5. The molecule has 0 saturated carbocycles. The van der Waals surface area contributed by atoms with Crippen LogP contribution >= 0.6 is 0 Å². The van der Waals surface area contributed by atoms with Crippen molar-refractivity contribution in [2.24, 2.45) is 0 Å². The average molecular weight is 854 g/mol. The Hall–Kier alpha value is -3.97. The zero-order valence-corrected chi connectivity index (χ0v) is 47.4. The van der Waals surface area contributed by atoms with E-state index in [-0.39, 0.29) is 0 Å². The summed E-state index contributed by atoms with van der Waals surface area (Å²) in [6.45, 7) is 0. The highest BCUT2D eigenvalue weighted by molar-refractivity contribution is 6.77. The fraction of sp³-hybridized carbons (Fsp3) is 0. The van der Waals surface area contributed by atoms with Crippen LogP contribution in [0.3, 0.4) is 0 Å². The molecule has 1 nitrogen and oxygen atoms in total. The van der Waals surface area contributed by atoms with Gasteiger partial charge in [-0.2, -0.15) is 0 Å². The van der Waals surface area contributed by atoms with Crippen LogP contribution in [0.1, 0.15) is 0 Å². The third kappa shape index (κ3) is 6.41. The lowest BCUT2D eigenvalue weighted by Gasteiger charge is -2.33. The van der Waals surface area contributed by atoms with E-state index < -0.39 is 0 Å². The van der Waals surface area contributed by atoms with E-state index in [0.29, 0.717) is 0 Å². The van der Waals surface area contributed by atoms with E-state index in [1.165, 1.54) is 219 Å². The number of benzene rings is 8. The number of hydrogen-bond donors (Lipinski definition) is 0. The molecule has 1 aromatic heterocycles. The van der Waals surface area contributed by atoms with Crippen molar-refractivity contribution in [2.75, 3.05) is 0 Å². The van der Waals surface area contributed by atoms with E-state index >= 15 is 0 Å². The first-order chi connectivity index (χ1) is 32.2. The van der Waals surface area contributed by atoms with Crippen LogP contribution in [0.2, 0.25) is 0 Å². The van der Waals surface area contributed by atoms with Crippen molar-refractivity contribution in [1.82, 2.24) is 0 Å². The highest BCUT2D eigenvalue weighted by atomic mass is 16.3. The molecule has 0 aliphatic heterocycles. The fourth-order valence-corrected chi connectivity index (χ4v) is 13.7. The van der Waals surface area contributed by atoms with Gasteiger partial charge in [-0.1, -0.05) is 98.3 Å². The minimum absolute atomic E-state index is 1.04. The van der Waals surface area contributed by atoms with Crippen molar-refractivity contribution in [3.63, 3.8) is 0 Å². The molecule has 304 valence electrons. The Labute approximate surface area is 435 Å². The second-order valence-corrected chi connectivity index (χ2v) is 22.3. The Kier molecular flexibility index (Phi) is 12.2. The van der Waals surface area contributed by atoms with E-state index in [4.69, 9.17) is 4.42 Å². The minimum Gasteiger partial charge on any atom is -0.457 e. The van der Waals surface area contributed by atoms with E-state index in [0.717, 1.165) is 11.2 Å². The molecule has 0 atom stereocenters. The first-order valence-electron chi connectivity index (χ1n) is 25.7. The van der Waals surface area contributed by atoms with Gasteiger partial charge in [0.05, 0.1) is 0 Å². The maximum absolute atomic E-state index is 6.94. The van der Waals surface area contributed by atoms with Crippen LogP contribution in [0.5, 0.6) is 0 Å². The molecule has 0 unspecified atom stereocenters. The Bertz CT molecular complexity index is 3850. The molecule has 0 amide bonds. The van der Waals surface area contributed by atoms with Crippen LogP contribution in [0.15, 0.2) is 4.42 Å². The molecule has 0 saturated heterocycles. The van der Waals surface area contributed by atoms with Crippen LogP contribution in [-0.2, 0) is 0 Å². The quantitative estimate of drug-likeness (QED) is 0.127. The third-order valence-corrected chi connectivity index (χ3v) is 19.9. The van der Waals surface area contributed by atoms with E-state index in [1.54, 1.807) is 0 Å². The molecular weight excluding hydrogens is 802 g/mol. The second kappa shape index (κ2) is 16.8. The monoisotopic (exact) mass is 859 g/mol. The van der Waals surface area contributed by atoms with Gasteiger partial charge in [-0.15, -0.1) is 43.7 Å². The molecule has 0 aliphatic carbocycles. The summed E-state index contributed by atoms with van der Waals surface area (Å²) < 4.78 is 6.94. The summed E-state index contributed by atoms with van der Waals surface area (Å²) in [6, 6.07) is 0. The lowest BCUT2D eigenvalue weighted by atomic mass is 9.55. The lowest BCUT2D eigenvalue weighted by molar-refractivity contribution is 0.675. The van der Waals surface area contributed by atoms with E-state index in [9.17, 15) is 0 Å². The van der Waals surface area contributed by atoms with Crippen molar-refractivity contribution >= 4 is 400 Å². The first kappa shape index (κ1) is 50.0. The second-order valence-electron chi connectivity index (χ2n) is 22.3. The molecular formula is C42H52B26O. The molecule has 0 aliphatic rings. The molecule has 9 rings (SSSR count). The van der Waals surface area contributed by atoms with E-state index in [1.807, 2.05) is 0 Å². The van der Waals surface area contributed by atoms with Gasteiger partial charge < -0.3 is 4.42 Å². The van der Waals surface area contributed by atoms with Gasteiger partial charge in [-0.3, -0.25) is 0 Å². The molecule has 9 aromatic rings. The van der Waals surface area contributed by atoms with Crippen LogP contribution in [0, 0.1) is 0 Å². The van der Waals surface area contributed by atoms with Gasteiger partial charge in [0, 0.05) is 10.8 Å². The average Bonchev–Trinajstić information content (AvgIpc) is 3.73. The van der Waals surface area contributed by atoms with Gasteiger partial charge >= 0.3 is 0 Å². The predicted molar refractivity (Wildman–Crippen MR) is 395 cm³/mol. The Morgan fingerprint density at radius 3 is 0.681 bits per heavy atom. The summed E-state index contributed by atoms with van der Waals surface area (Å²) in [5.41, 5.74) is 46.0. The highest BCUT2D eigenvalue weighted by Crippen LogP contribution is 2.40. The van der Waals surface area contributed by atoms with Crippen LogP contribution in [0.4, 0.5) is 0 Å². The normalized spacial score (nSPS) is 11.8. The Balaban J connectivity index is 1.54. The Morgan fingerprint density at radius 1 is 0.130 bits per heavy atom. The van der Waals surface area contributed by atoms with Crippen molar-refractivity contribution < 1.29 is 4.42 Å². The van der Waals surface area contributed by atoms with Gasteiger partial charge in [-0.25, -0.2) is 0 Å². The molecule has 0 spiro atoms. The number of rotatable bonds is 3. The van der Waals surface area contributed by atoms with Crippen LogP contribution < -0.4 is 142 Å². The van der Waals surface area contributed by atoms with Gasteiger partial charge in [-0.05, 0) is 65.7 Å². The first-order valence-corrected chi connectivity index (χ1v) is 25.7. The van der Waals surface area contributed by atoms with Crippen LogP contribution in [0.25, 0.3) is 87.6 Å². The van der Waals surface area contributed by atoms with Gasteiger partial charge in [0.2, 0.25) is 0 Å². The number of furan rings is 1. The van der Waals surface area contributed by atoms with E-state index in [2.05, 4.69) is 204 Å². The summed E-state index contributed by atoms with van der Waals surface area (Å²) in [5, 5.41) is 11.1. The largest absolute Gasteiger partial charge is 0.457 e. The van der Waals surface area contributed by atoms with Crippen molar-refractivity contribution in [3.05, 3.63) is 0 Å². The summed E-state index contributed by atoms with van der Waals surface area (Å²) in [5.74, 6) is 0. The third-order valence-electron chi connectivity index (χ3n) is 19.9. The summed E-state index contributed by atoms with van der Waals surface area (Å²) >= 11 is 0. The predicted octanol–water partition coefficient (Wildman–Crippen LogP) is -33.2. The molecule has 27 heteroatoms. The maximum atomic E-state index is 6.94. The molecule has 0 bridgehead atoms. The van der Waals surface area contributed by atoms with Gasteiger partial charge in [0.25, 0.3) is 0 Å². The van der Waals surface area contributed by atoms with Crippen molar-refractivity contribution in [2.45, 2.75) is 0 Å². The molecule has 0 radical (unpaired) electrons. The van der Waals surface area contributed by atoms with Gasteiger partial charge in [0.1, 0.15) is 215 Å². The number of hydrogen-bond acceptors (Lipinski definition) is 1. The zero-order chi connectivity index (χ0) is 51.0. The zero-order valence-electron chi connectivity index (χ0n) is 47.4. The van der Waals surface area contributed by atoms with Gasteiger partial charge in [0.15, 0.2) is 0 Å². The number of fused-ring (bicyclic) bond motifs is 6. The van der Waals surface area contributed by atoms with Crippen molar-refractivity contribution in [1.29, 1.82) is 0 Å². The van der Waals surface area contributed by atoms with Crippen molar-refractivity contribution in [3.8, 4) is 33.4 Å². The minimum atomic E-state index is 1.04. The highest BCUT2D eigenvalue weighted by Gasteiger charge is 2.31. The molecule has 69 heavy (non-hydrogen) atoms. The molecule has 1 heterocycles. The fourth-order valence-electron chi connectivity index (χ4n) is 13.7. The summed E-state index contributed by atoms with van der Waals surface area (Å²) in [6.07, 6.45) is 0. The standard InChI is InChI=1S/C42H52B26O/c43-15-11(28(56)39(67)41-13(15)14-29(57)37(65)38(66)40(68)42(14)69-41)12-24(52)22(50)9(23(51)25(12)53)2-6-3(17(45)31(59)33(61)19(6)47)1(4-7(2)20(48)34(62)32(60)18(4)46)5-8-10(26(54)30(58)16(5)44)27(55)36(64)35(63)21(8)49/h43-68H2. The topological polar surface area (TPSA) is 13.1 Å².